The van der Waals surface area contributed by atoms with Gasteiger partial charge in [0.05, 0.1) is 5.69 Å². The van der Waals surface area contributed by atoms with Gasteiger partial charge in [-0.3, -0.25) is 14.4 Å². The molecule has 3 heterocycles. The van der Waals surface area contributed by atoms with Gasteiger partial charge in [0.25, 0.3) is 0 Å². The molecule has 6 nitrogen and oxygen atoms in total. The highest BCUT2D eigenvalue weighted by atomic mass is 16.2. The van der Waals surface area contributed by atoms with Gasteiger partial charge in [0.15, 0.2) is 0 Å². The van der Waals surface area contributed by atoms with Crippen LogP contribution < -0.4 is 5.32 Å². The third-order valence-corrected chi connectivity index (χ3v) is 4.57. The second-order valence-corrected chi connectivity index (χ2v) is 6.15. The Kier molecular flexibility index (Phi) is 4.26. The maximum Gasteiger partial charge on any atom is 0.244 e. The molecule has 2 saturated heterocycles. The molecule has 1 aromatic rings. The summed E-state index contributed by atoms with van der Waals surface area (Å²) in [5.74, 6) is 0.193. The van der Waals surface area contributed by atoms with E-state index in [1.165, 1.54) is 0 Å². The second-order valence-electron chi connectivity index (χ2n) is 6.15. The molecule has 1 atom stereocenters. The number of aryl methyl sites for hydroxylation is 2. The highest BCUT2D eigenvalue weighted by Crippen LogP contribution is 2.17. The van der Waals surface area contributed by atoms with Gasteiger partial charge in [-0.25, -0.2) is 0 Å². The van der Waals surface area contributed by atoms with E-state index in [1.807, 2.05) is 29.5 Å². The number of aromatic nitrogens is 2. The van der Waals surface area contributed by atoms with Gasteiger partial charge in [0.1, 0.15) is 6.54 Å². The summed E-state index contributed by atoms with van der Waals surface area (Å²) in [6, 6.07) is 2.55. The summed E-state index contributed by atoms with van der Waals surface area (Å²) in [4.78, 5) is 17.0. The van der Waals surface area contributed by atoms with Crippen molar-refractivity contribution in [2.45, 2.75) is 32.9 Å². The zero-order valence-electron chi connectivity index (χ0n) is 13.0. The second kappa shape index (κ2) is 6.15. The van der Waals surface area contributed by atoms with E-state index in [4.69, 9.17) is 0 Å². The molecular formula is C15H25N5O. The number of carbonyl (C=O) groups is 1. The molecule has 1 N–H and O–H groups in total. The van der Waals surface area contributed by atoms with Crippen LogP contribution >= 0.6 is 0 Å². The Hall–Kier alpha value is -1.40. The number of rotatable bonds is 3. The van der Waals surface area contributed by atoms with Crippen LogP contribution in [0, 0.1) is 13.8 Å². The van der Waals surface area contributed by atoms with Gasteiger partial charge in [-0.15, -0.1) is 0 Å². The first-order chi connectivity index (χ1) is 10.1. The van der Waals surface area contributed by atoms with Gasteiger partial charge in [-0.05, 0) is 26.3 Å². The number of hydrogen-bond donors (Lipinski definition) is 1. The van der Waals surface area contributed by atoms with Gasteiger partial charge < -0.3 is 10.2 Å². The predicted octanol–water partition coefficient (Wildman–Crippen LogP) is 0.00604. The molecule has 1 unspecified atom stereocenters. The Morgan fingerprint density at radius 2 is 2.10 bits per heavy atom. The first-order valence-corrected chi connectivity index (χ1v) is 7.87. The van der Waals surface area contributed by atoms with E-state index < -0.39 is 0 Å². The smallest absolute Gasteiger partial charge is 0.244 e. The largest absolute Gasteiger partial charge is 0.339 e. The molecule has 21 heavy (non-hydrogen) atoms. The average molecular weight is 291 g/mol. The van der Waals surface area contributed by atoms with Crippen LogP contribution in [0.1, 0.15) is 17.8 Å². The summed E-state index contributed by atoms with van der Waals surface area (Å²) in [5, 5.41) is 7.76. The van der Waals surface area contributed by atoms with E-state index in [0.717, 1.165) is 57.1 Å². The van der Waals surface area contributed by atoms with E-state index in [-0.39, 0.29) is 5.91 Å². The van der Waals surface area contributed by atoms with Crippen LogP contribution in [-0.4, -0.2) is 70.8 Å². The lowest BCUT2D eigenvalue weighted by Gasteiger charge is -2.32. The maximum atomic E-state index is 12.4. The van der Waals surface area contributed by atoms with E-state index in [1.54, 1.807) is 0 Å². The lowest BCUT2D eigenvalue weighted by Crippen LogP contribution is -2.49. The van der Waals surface area contributed by atoms with E-state index in [0.29, 0.717) is 12.6 Å². The van der Waals surface area contributed by atoms with E-state index in [2.05, 4.69) is 15.3 Å². The highest BCUT2D eigenvalue weighted by molar-refractivity contribution is 5.76. The highest BCUT2D eigenvalue weighted by Gasteiger charge is 2.31. The zero-order chi connectivity index (χ0) is 14.8. The molecular weight excluding hydrogens is 266 g/mol. The van der Waals surface area contributed by atoms with Crippen LogP contribution in [-0.2, 0) is 11.3 Å². The summed E-state index contributed by atoms with van der Waals surface area (Å²) in [6.07, 6.45) is 1.10. The molecule has 116 valence electrons. The molecule has 0 saturated carbocycles. The number of hydrogen-bond acceptors (Lipinski definition) is 4. The minimum absolute atomic E-state index is 0.193. The van der Waals surface area contributed by atoms with Crippen molar-refractivity contribution >= 4 is 5.91 Å². The van der Waals surface area contributed by atoms with Crippen molar-refractivity contribution in [3.05, 3.63) is 17.5 Å². The average Bonchev–Trinajstić information content (AvgIpc) is 3.07. The number of carbonyl (C=O) groups excluding carboxylic acids is 1. The van der Waals surface area contributed by atoms with Crippen molar-refractivity contribution in [3.63, 3.8) is 0 Å². The Morgan fingerprint density at radius 1 is 1.33 bits per heavy atom. The molecule has 6 heteroatoms. The van der Waals surface area contributed by atoms with Crippen LogP contribution in [0.2, 0.25) is 0 Å². The number of nitrogens with one attached hydrogen (secondary N) is 1. The number of nitrogens with zero attached hydrogens (tertiary/aromatic N) is 4. The SMILES string of the molecule is Cc1cc(C)n(CC(=O)N2CCC(N3CCNCC3)C2)n1. The third kappa shape index (κ3) is 3.27. The van der Waals surface area contributed by atoms with Crippen LogP contribution in [0.4, 0.5) is 0 Å². The van der Waals surface area contributed by atoms with Gasteiger partial charge in [0.2, 0.25) is 5.91 Å². The summed E-state index contributed by atoms with van der Waals surface area (Å²) >= 11 is 0. The maximum absolute atomic E-state index is 12.4. The van der Waals surface area contributed by atoms with E-state index in [9.17, 15) is 4.79 Å². The first-order valence-electron chi connectivity index (χ1n) is 7.87. The van der Waals surface area contributed by atoms with Crippen LogP contribution in [0.15, 0.2) is 6.07 Å². The molecule has 2 aliphatic rings. The van der Waals surface area contributed by atoms with Crippen molar-refractivity contribution in [2.24, 2.45) is 0 Å². The summed E-state index contributed by atoms with van der Waals surface area (Å²) < 4.78 is 1.82. The molecule has 0 aliphatic carbocycles. The van der Waals surface area contributed by atoms with E-state index >= 15 is 0 Å². The predicted molar refractivity (Wildman–Crippen MR) is 81.1 cm³/mol. The molecule has 0 bridgehead atoms. The van der Waals surface area contributed by atoms with Crippen LogP contribution in [0.25, 0.3) is 0 Å². The molecule has 2 aliphatic heterocycles. The lowest BCUT2D eigenvalue weighted by atomic mass is 10.2. The zero-order valence-corrected chi connectivity index (χ0v) is 13.0. The van der Waals surface area contributed by atoms with Crippen molar-refractivity contribution in [1.29, 1.82) is 0 Å². The molecule has 3 rings (SSSR count). The molecule has 0 radical (unpaired) electrons. The number of piperazine rings is 1. The summed E-state index contributed by atoms with van der Waals surface area (Å²) in [7, 11) is 0. The molecule has 0 spiro atoms. The first kappa shape index (κ1) is 14.5. The lowest BCUT2D eigenvalue weighted by molar-refractivity contribution is -0.131. The number of likely N-dealkylation sites (tertiary alicyclic amines) is 1. The van der Waals surface area contributed by atoms with Crippen molar-refractivity contribution in [1.82, 2.24) is 24.9 Å². The van der Waals surface area contributed by atoms with Crippen molar-refractivity contribution < 1.29 is 4.79 Å². The van der Waals surface area contributed by atoms with Gasteiger partial charge in [-0.1, -0.05) is 0 Å². The minimum Gasteiger partial charge on any atom is -0.339 e. The van der Waals surface area contributed by atoms with Gasteiger partial charge >= 0.3 is 0 Å². The van der Waals surface area contributed by atoms with Gasteiger partial charge in [0, 0.05) is 51.0 Å². The summed E-state index contributed by atoms with van der Waals surface area (Å²) in [6.45, 7) is 10.4. The fraction of sp³-hybridized carbons (Fsp3) is 0.733. The Morgan fingerprint density at radius 3 is 2.76 bits per heavy atom. The Bertz CT molecular complexity index is 506. The Balaban J connectivity index is 1.55. The molecule has 1 aromatic heterocycles. The third-order valence-electron chi connectivity index (χ3n) is 4.57. The molecule has 2 fully saturated rings. The van der Waals surface area contributed by atoms with Crippen LogP contribution in [0.3, 0.4) is 0 Å². The monoisotopic (exact) mass is 291 g/mol. The quantitative estimate of drug-likeness (QED) is 0.852. The van der Waals surface area contributed by atoms with Gasteiger partial charge in [-0.2, -0.15) is 5.10 Å². The topological polar surface area (TPSA) is 53.4 Å². The Labute approximate surface area is 126 Å². The molecule has 0 aromatic carbocycles. The normalized spacial score (nSPS) is 23.7. The fourth-order valence-corrected chi connectivity index (χ4v) is 3.38. The van der Waals surface area contributed by atoms with Crippen molar-refractivity contribution in [3.8, 4) is 0 Å². The summed E-state index contributed by atoms with van der Waals surface area (Å²) in [5.41, 5.74) is 2.03. The molecule has 1 amide bonds. The van der Waals surface area contributed by atoms with Crippen LogP contribution in [0.5, 0.6) is 0 Å². The van der Waals surface area contributed by atoms with Crippen molar-refractivity contribution in [2.75, 3.05) is 39.3 Å². The standard InChI is InChI=1S/C15H25N5O/c1-12-9-13(2)20(17-12)11-15(21)19-6-3-14(10-19)18-7-4-16-5-8-18/h9,14,16H,3-8,10-11H2,1-2H3. The fourth-order valence-electron chi connectivity index (χ4n) is 3.38. The minimum atomic E-state index is 0.193. The number of amides is 1.